The average Bonchev–Trinajstić information content (AvgIpc) is 3.29. The molecule has 0 radical (unpaired) electrons. The van der Waals surface area contributed by atoms with Gasteiger partial charge in [-0.05, 0) is 48.9 Å². The maximum absolute atomic E-state index is 13.2. The predicted octanol–water partition coefficient (Wildman–Crippen LogP) is 3.53. The van der Waals surface area contributed by atoms with E-state index in [4.69, 9.17) is 9.15 Å². The summed E-state index contributed by atoms with van der Waals surface area (Å²) in [6, 6.07) is 17.5. The van der Waals surface area contributed by atoms with Gasteiger partial charge in [0.15, 0.2) is 6.61 Å². The first-order chi connectivity index (χ1) is 14.5. The van der Waals surface area contributed by atoms with Gasteiger partial charge in [0.25, 0.3) is 5.91 Å². The summed E-state index contributed by atoms with van der Waals surface area (Å²) in [6.07, 6.45) is 1.52. The van der Waals surface area contributed by atoms with Crippen LogP contribution in [0.25, 0.3) is 0 Å². The van der Waals surface area contributed by atoms with Crippen molar-refractivity contribution in [3.05, 3.63) is 90.1 Å². The normalized spacial score (nSPS) is 11.5. The number of nitrogens with one attached hydrogen (secondary N) is 1. The summed E-state index contributed by atoms with van der Waals surface area (Å²) < 4.78 is 24.0. The van der Waals surface area contributed by atoms with Crippen molar-refractivity contribution in [2.24, 2.45) is 0 Å². The summed E-state index contributed by atoms with van der Waals surface area (Å²) in [4.78, 5) is 27.0. The quantitative estimate of drug-likeness (QED) is 0.586. The lowest BCUT2D eigenvalue weighted by Gasteiger charge is -2.28. The highest BCUT2D eigenvalue weighted by molar-refractivity contribution is 5.87. The monoisotopic (exact) mass is 410 g/mol. The first-order valence-corrected chi connectivity index (χ1v) is 9.55. The third kappa shape index (κ3) is 5.94. The number of nitrogens with zero attached hydrogens (tertiary/aromatic N) is 1. The van der Waals surface area contributed by atoms with Gasteiger partial charge in [-0.25, -0.2) is 4.39 Å². The molecule has 0 saturated carbocycles. The Labute approximate surface area is 174 Å². The van der Waals surface area contributed by atoms with E-state index in [1.165, 1.54) is 23.3 Å². The molecule has 1 N–H and O–H groups in total. The van der Waals surface area contributed by atoms with Crippen molar-refractivity contribution in [3.8, 4) is 5.75 Å². The standard InChI is InChI=1S/C23H23FN2O4/c1-17(23(28)25-14-21-8-5-13-29-21)26(15-18-9-11-19(24)12-10-18)22(27)16-30-20-6-3-2-4-7-20/h2-13,17H,14-16H2,1H3,(H,25,28). The highest BCUT2D eigenvalue weighted by atomic mass is 19.1. The molecular weight excluding hydrogens is 387 g/mol. The smallest absolute Gasteiger partial charge is 0.261 e. The number of ether oxygens (including phenoxy) is 1. The lowest BCUT2D eigenvalue weighted by atomic mass is 10.1. The van der Waals surface area contributed by atoms with Gasteiger partial charge in [0.05, 0.1) is 12.8 Å². The molecular formula is C23H23FN2O4. The van der Waals surface area contributed by atoms with E-state index in [1.54, 1.807) is 55.5 Å². The van der Waals surface area contributed by atoms with Crippen molar-refractivity contribution in [2.75, 3.05) is 6.61 Å². The molecule has 2 amide bonds. The van der Waals surface area contributed by atoms with Crippen LogP contribution in [0.4, 0.5) is 4.39 Å². The summed E-state index contributed by atoms with van der Waals surface area (Å²) in [5.74, 6) is 0.112. The van der Waals surface area contributed by atoms with Gasteiger partial charge in [0.1, 0.15) is 23.4 Å². The molecule has 3 rings (SSSR count). The van der Waals surface area contributed by atoms with Crippen LogP contribution in [0.5, 0.6) is 5.75 Å². The van der Waals surface area contributed by atoms with E-state index in [1.807, 2.05) is 6.07 Å². The molecule has 1 atom stereocenters. The van der Waals surface area contributed by atoms with E-state index in [9.17, 15) is 14.0 Å². The van der Waals surface area contributed by atoms with Crippen LogP contribution in [0.3, 0.4) is 0 Å². The molecule has 0 aliphatic heterocycles. The fourth-order valence-corrected chi connectivity index (χ4v) is 2.85. The lowest BCUT2D eigenvalue weighted by Crippen LogP contribution is -2.48. The summed E-state index contributed by atoms with van der Waals surface area (Å²) in [6.45, 7) is 1.78. The van der Waals surface area contributed by atoms with Crippen molar-refractivity contribution >= 4 is 11.8 Å². The third-order valence-corrected chi connectivity index (χ3v) is 4.56. The maximum atomic E-state index is 13.2. The highest BCUT2D eigenvalue weighted by Gasteiger charge is 2.26. The molecule has 0 saturated heterocycles. The fraction of sp³-hybridized carbons (Fsp3) is 0.217. The Balaban J connectivity index is 1.68. The minimum absolute atomic E-state index is 0.145. The zero-order valence-electron chi connectivity index (χ0n) is 16.6. The zero-order valence-corrected chi connectivity index (χ0v) is 16.6. The molecule has 0 fully saturated rings. The van der Waals surface area contributed by atoms with Crippen LogP contribution in [-0.4, -0.2) is 29.4 Å². The van der Waals surface area contributed by atoms with E-state index in [0.29, 0.717) is 17.1 Å². The SMILES string of the molecule is CC(C(=O)NCc1ccco1)N(Cc1ccc(F)cc1)C(=O)COc1ccccc1. The molecule has 0 spiro atoms. The van der Waals surface area contributed by atoms with Crippen molar-refractivity contribution in [2.45, 2.75) is 26.1 Å². The Morgan fingerprint density at radius 2 is 1.80 bits per heavy atom. The summed E-state index contributed by atoms with van der Waals surface area (Å²) in [5.41, 5.74) is 0.704. The number of rotatable bonds is 9. The van der Waals surface area contributed by atoms with E-state index < -0.39 is 6.04 Å². The highest BCUT2D eigenvalue weighted by Crippen LogP contribution is 2.13. The van der Waals surface area contributed by atoms with E-state index >= 15 is 0 Å². The van der Waals surface area contributed by atoms with Gasteiger partial charge in [-0.1, -0.05) is 30.3 Å². The minimum atomic E-state index is -0.767. The number of benzene rings is 2. The average molecular weight is 410 g/mol. The first-order valence-electron chi connectivity index (χ1n) is 9.55. The Hall–Kier alpha value is -3.61. The number of carbonyl (C=O) groups excluding carboxylic acids is 2. The topological polar surface area (TPSA) is 71.8 Å². The van der Waals surface area contributed by atoms with Crippen LogP contribution in [0.15, 0.2) is 77.4 Å². The molecule has 7 heteroatoms. The minimum Gasteiger partial charge on any atom is -0.484 e. The van der Waals surface area contributed by atoms with Crippen molar-refractivity contribution < 1.29 is 23.1 Å². The van der Waals surface area contributed by atoms with Gasteiger partial charge in [-0.15, -0.1) is 0 Å². The number of hydrogen-bond donors (Lipinski definition) is 1. The summed E-state index contributed by atoms with van der Waals surface area (Å²) in [7, 11) is 0. The van der Waals surface area contributed by atoms with Crippen LogP contribution in [0.2, 0.25) is 0 Å². The molecule has 0 bridgehead atoms. The van der Waals surface area contributed by atoms with Gasteiger partial charge in [-0.2, -0.15) is 0 Å². The lowest BCUT2D eigenvalue weighted by molar-refractivity contribution is -0.142. The molecule has 156 valence electrons. The molecule has 1 unspecified atom stereocenters. The largest absolute Gasteiger partial charge is 0.484 e. The van der Waals surface area contributed by atoms with Gasteiger partial charge < -0.3 is 19.4 Å². The van der Waals surface area contributed by atoms with E-state index in [2.05, 4.69) is 5.32 Å². The number of carbonyl (C=O) groups is 2. The second kappa shape index (κ2) is 10.2. The zero-order chi connectivity index (χ0) is 21.3. The fourth-order valence-electron chi connectivity index (χ4n) is 2.85. The summed E-state index contributed by atoms with van der Waals surface area (Å²) in [5, 5.41) is 2.76. The third-order valence-electron chi connectivity index (χ3n) is 4.56. The van der Waals surface area contributed by atoms with Crippen LogP contribution in [-0.2, 0) is 22.7 Å². The number of hydrogen-bond acceptors (Lipinski definition) is 4. The van der Waals surface area contributed by atoms with Crippen LogP contribution < -0.4 is 10.1 Å². The Morgan fingerprint density at radius 1 is 1.07 bits per heavy atom. The number of amides is 2. The molecule has 3 aromatic rings. The summed E-state index contributed by atoms with van der Waals surface area (Å²) >= 11 is 0. The van der Waals surface area contributed by atoms with Crippen LogP contribution in [0.1, 0.15) is 18.2 Å². The molecule has 30 heavy (non-hydrogen) atoms. The number of para-hydroxylation sites is 1. The molecule has 1 heterocycles. The van der Waals surface area contributed by atoms with Crippen molar-refractivity contribution in [3.63, 3.8) is 0 Å². The predicted molar refractivity (Wildman–Crippen MR) is 109 cm³/mol. The molecule has 0 aliphatic rings. The number of furan rings is 1. The first kappa shape index (κ1) is 21.1. The van der Waals surface area contributed by atoms with Crippen molar-refractivity contribution in [1.82, 2.24) is 10.2 Å². The van der Waals surface area contributed by atoms with Crippen LogP contribution in [0, 0.1) is 5.82 Å². The Morgan fingerprint density at radius 3 is 2.47 bits per heavy atom. The van der Waals surface area contributed by atoms with Gasteiger partial charge in [0.2, 0.25) is 5.91 Å². The molecule has 1 aromatic heterocycles. The maximum Gasteiger partial charge on any atom is 0.261 e. The molecule has 6 nitrogen and oxygen atoms in total. The van der Waals surface area contributed by atoms with Gasteiger partial charge in [0, 0.05) is 6.54 Å². The van der Waals surface area contributed by atoms with E-state index in [0.717, 1.165) is 0 Å². The Bertz CT molecular complexity index is 943. The van der Waals surface area contributed by atoms with Crippen LogP contribution >= 0.6 is 0 Å². The van der Waals surface area contributed by atoms with Gasteiger partial charge in [-0.3, -0.25) is 9.59 Å². The van der Waals surface area contributed by atoms with Gasteiger partial charge >= 0.3 is 0 Å². The Kier molecular flexibility index (Phi) is 7.21. The van der Waals surface area contributed by atoms with E-state index in [-0.39, 0.29) is 37.3 Å². The second-order valence-electron chi connectivity index (χ2n) is 6.72. The molecule has 0 aliphatic carbocycles. The number of halogens is 1. The second-order valence-corrected chi connectivity index (χ2v) is 6.72. The molecule has 2 aromatic carbocycles. The van der Waals surface area contributed by atoms with Crippen molar-refractivity contribution in [1.29, 1.82) is 0 Å².